The van der Waals surface area contributed by atoms with Gasteiger partial charge >= 0.3 is 0 Å². The molecule has 0 radical (unpaired) electrons. The summed E-state index contributed by atoms with van der Waals surface area (Å²) < 4.78 is 3.98. The van der Waals surface area contributed by atoms with Crippen molar-refractivity contribution in [2.75, 3.05) is 0 Å². The Labute approximate surface area is 346 Å². The van der Waals surface area contributed by atoms with E-state index in [1.807, 2.05) is 130 Å². The zero-order chi connectivity index (χ0) is 42.2. The summed E-state index contributed by atoms with van der Waals surface area (Å²) in [4.78, 5) is 31.1. The molecule has 2 atom stereocenters. The van der Waals surface area contributed by atoms with Crippen LogP contribution in [0.15, 0.2) is 170 Å². The van der Waals surface area contributed by atoms with Crippen LogP contribution in [0, 0.1) is 20.2 Å². The molecule has 0 bridgehead atoms. The molecule has 0 aliphatic carbocycles. The maximum Gasteiger partial charge on any atom is 0.269 e. The monoisotopic (exact) mass is 798 g/mol. The van der Waals surface area contributed by atoms with Gasteiger partial charge in [-0.2, -0.15) is 0 Å². The van der Waals surface area contributed by atoms with E-state index in [-0.39, 0.29) is 11.4 Å². The summed E-state index contributed by atoms with van der Waals surface area (Å²) in [5.74, 6) is 1.31. The highest BCUT2D eigenvalue weighted by molar-refractivity contribution is 5.83. The van der Waals surface area contributed by atoms with E-state index in [9.17, 15) is 30.4 Å². The standard InChI is InChI=1S/2C24H21N3O3/c2*1-17(28)16-26-23(19-10-6-3-7-11-19)22(18-8-4-2-5-9-18)25-24(26)20-12-14-21(15-13-20)27(29)30/h2*2-15,17,28H,16H2,1H3/t2*17-/m00/s1. The lowest BCUT2D eigenvalue weighted by atomic mass is 10.0. The average molecular weight is 799 g/mol. The van der Waals surface area contributed by atoms with Gasteiger partial charge in [0.2, 0.25) is 0 Å². The SMILES string of the molecule is C[C@H](O)Cn1c(-c2ccc([N+](=O)[O-])cc2)nc(-c2ccccc2)c1-c1ccccc1.C[C@H](O)Cn1c(-c2ccc([N+](=O)[O-])cc2)nc(-c2ccccc2)c1-c1ccccc1. The summed E-state index contributed by atoms with van der Waals surface area (Å²) in [6, 6.07) is 52.3. The van der Waals surface area contributed by atoms with E-state index in [2.05, 4.69) is 0 Å². The quantitative estimate of drug-likeness (QED) is 0.0911. The molecule has 0 fully saturated rings. The normalized spacial score (nSPS) is 11.9. The van der Waals surface area contributed by atoms with Gasteiger partial charge in [-0.25, -0.2) is 9.97 Å². The second-order valence-electron chi connectivity index (χ2n) is 14.3. The second-order valence-corrected chi connectivity index (χ2v) is 14.3. The van der Waals surface area contributed by atoms with Gasteiger partial charge < -0.3 is 19.3 Å². The van der Waals surface area contributed by atoms with Crippen molar-refractivity contribution >= 4 is 11.4 Å². The third-order valence-corrected chi connectivity index (χ3v) is 9.69. The Kier molecular flexibility index (Phi) is 12.4. The Bertz CT molecular complexity index is 2490. The molecular weight excluding hydrogens is 757 g/mol. The van der Waals surface area contributed by atoms with Crippen molar-refractivity contribution in [3.05, 3.63) is 190 Å². The fourth-order valence-corrected chi connectivity index (χ4v) is 7.07. The number of aliphatic hydroxyl groups is 2. The van der Waals surface area contributed by atoms with Crippen LogP contribution in [0.3, 0.4) is 0 Å². The van der Waals surface area contributed by atoms with E-state index in [1.54, 1.807) is 38.1 Å². The molecule has 8 rings (SSSR count). The molecule has 0 aliphatic rings. The second kappa shape index (κ2) is 18.4. The zero-order valence-electron chi connectivity index (χ0n) is 32.9. The molecule has 6 aromatic carbocycles. The molecule has 0 aliphatic heterocycles. The van der Waals surface area contributed by atoms with Crippen LogP contribution in [0.25, 0.3) is 67.8 Å². The predicted octanol–water partition coefficient (Wildman–Crippen LogP) is 10.3. The van der Waals surface area contributed by atoms with E-state index in [0.29, 0.717) is 24.7 Å². The fraction of sp³-hybridized carbons (Fsp3) is 0.125. The van der Waals surface area contributed by atoms with Gasteiger partial charge in [0, 0.05) is 57.6 Å². The number of aromatic nitrogens is 4. The van der Waals surface area contributed by atoms with Crippen LogP contribution in [-0.4, -0.2) is 51.4 Å². The van der Waals surface area contributed by atoms with E-state index < -0.39 is 22.1 Å². The van der Waals surface area contributed by atoms with Crippen LogP contribution < -0.4 is 0 Å². The first kappa shape index (κ1) is 40.6. The van der Waals surface area contributed by atoms with Crippen molar-refractivity contribution < 1.29 is 20.1 Å². The van der Waals surface area contributed by atoms with Gasteiger partial charge in [0.1, 0.15) is 11.6 Å². The lowest BCUT2D eigenvalue weighted by molar-refractivity contribution is -0.385. The van der Waals surface area contributed by atoms with E-state index in [0.717, 1.165) is 56.2 Å². The highest BCUT2D eigenvalue weighted by Gasteiger charge is 2.24. The molecule has 300 valence electrons. The van der Waals surface area contributed by atoms with Crippen LogP contribution in [-0.2, 0) is 13.1 Å². The highest BCUT2D eigenvalue weighted by Crippen LogP contribution is 2.38. The Hall–Kier alpha value is -7.54. The summed E-state index contributed by atoms with van der Waals surface area (Å²) in [5, 5.41) is 42.5. The molecule has 2 heterocycles. The summed E-state index contributed by atoms with van der Waals surface area (Å²) in [6.45, 7) is 4.15. The molecule has 2 aromatic heterocycles. The molecule has 0 amide bonds. The van der Waals surface area contributed by atoms with Crippen molar-refractivity contribution in [1.82, 2.24) is 19.1 Å². The number of imidazole rings is 2. The van der Waals surface area contributed by atoms with Gasteiger partial charge in [-0.3, -0.25) is 20.2 Å². The first-order valence-corrected chi connectivity index (χ1v) is 19.4. The maximum absolute atomic E-state index is 11.0. The number of nitro groups is 2. The molecule has 0 saturated heterocycles. The smallest absolute Gasteiger partial charge is 0.269 e. The molecule has 0 spiro atoms. The summed E-state index contributed by atoms with van der Waals surface area (Å²) in [6.07, 6.45) is -1.19. The highest BCUT2D eigenvalue weighted by atomic mass is 16.6. The Morgan fingerprint density at radius 3 is 1.00 bits per heavy atom. The fourth-order valence-electron chi connectivity index (χ4n) is 7.07. The molecule has 0 saturated carbocycles. The minimum atomic E-state index is -0.595. The van der Waals surface area contributed by atoms with E-state index in [4.69, 9.17) is 9.97 Å². The molecule has 2 N–H and O–H groups in total. The summed E-state index contributed by atoms with van der Waals surface area (Å²) in [5.41, 5.74) is 8.85. The van der Waals surface area contributed by atoms with Crippen LogP contribution in [0.4, 0.5) is 11.4 Å². The number of hydrogen-bond acceptors (Lipinski definition) is 8. The van der Waals surface area contributed by atoms with Gasteiger partial charge in [-0.05, 0) is 38.1 Å². The minimum Gasteiger partial charge on any atom is -0.392 e. The lowest BCUT2D eigenvalue weighted by Gasteiger charge is -2.15. The molecule has 12 heteroatoms. The van der Waals surface area contributed by atoms with Crippen molar-refractivity contribution in [1.29, 1.82) is 0 Å². The Morgan fingerprint density at radius 2 is 0.733 bits per heavy atom. The topological polar surface area (TPSA) is 162 Å². The van der Waals surface area contributed by atoms with Gasteiger partial charge in [-0.1, -0.05) is 121 Å². The predicted molar refractivity (Wildman–Crippen MR) is 234 cm³/mol. The Morgan fingerprint density at radius 1 is 0.450 bits per heavy atom. The first-order chi connectivity index (χ1) is 29.1. The summed E-state index contributed by atoms with van der Waals surface area (Å²) in [7, 11) is 0. The van der Waals surface area contributed by atoms with E-state index in [1.165, 1.54) is 24.3 Å². The van der Waals surface area contributed by atoms with Crippen LogP contribution in [0.2, 0.25) is 0 Å². The number of non-ortho nitro benzene ring substituents is 2. The summed E-state index contributed by atoms with van der Waals surface area (Å²) >= 11 is 0. The maximum atomic E-state index is 11.0. The number of benzene rings is 6. The van der Waals surface area contributed by atoms with Crippen LogP contribution >= 0.6 is 0 Å². The van der Waals surface area contributed by atoms with Crippen LogP contribution in [0.1, 0.15) is 13.8 Å². The van der Waals surface area contributed by atoms with Gasteiger partial charge in [0.25, 0.3) is 11.4 Å². The number of nitrogens with zero attached hydrogens (tertiary/aromatic N) is 6. The molecule has 0 unspecified atom stereocenters. The molecule has 12 nitrogen and oxygen atoms in total. The molecule has 60 heavy (non-hydrogen) atoms. The van der Waals surface area contributed by atoms with Gasteiger partial charge in [0.15, 0.2) is 0 Å². The van der Waals surface area contributed by atoms with Crippen LogP contribution in [0.5, 0.6) is 0 Å². The number of rotatable bonds is 12. The van der Waals surface area contributed by atoms with Gasteiger partial charge in [-0.15, -0.1) is 0 Å². The number of hydrogen-bond donors (Lipinski definition) is 2. The lowest BCUT2D eigenvalue weighted by Crippen LogP contribution is -2.14. The minimum absolute atomic E-state index is 0.0268. The third-order valence-electron chi connectivity index (χ3n) is 9.69. The number of aliphatic hydroxyl groups excluding tert-OH is 2. The average Bonchev–Trinajstić information content (AvgIpc) is 3.83. The third kappa shape index (κ3) is 9.10. The van der Waals surface area contributed by atoms with Gasteiger partial charge in [0.05, 0.1) is 57.9 Å². The first-order valence-electron chi connectivity index (χ1n) is 19.4. The zero-order valence-corrected chi connectivity index (χ0v) is 32.9. The van der Waals surface area contributed by atoms with Crippen molar-refractivity contribution in [3.63, 3.8) is 0 Å². The Balaban J connectivity index is 0.000000181. The van der Waals surface area contributed by atoms with Crippen molar-refractivity contribution in [2.24, 2.45) is 0 Å². The molecular formula is C48H42N6O6. The largest absolute Gasteiger partial charge is 0.392 e. The number of nitro benzene ring substituents is 2. The van der Waals surface area contributed by atoms with Crippen molar-refractivity contribution in [2.45, 2.75) is 39.1 Å². The van der Waals surface area contributed by atoms with Crippen molar-refractivity contribution in [3.8, 4) is 67.8 Å². The molecule has 8 aromatic rings. The van der Waals surface area contributed by atoms with E-state index >= 15 is 0 Å².